The van der Waals surface area contributed by atoms with Crippen LogP contribution in [-0.2, 0) is 4.79 Å². The molecule has 4 nitrogen and oxygen atoms in total. The Morgan fingerprint density at radius 2 is 2.05 bits per heavy atom. The Morgan fingerprint density at radius 1 is 1.25 bits per heavy atom. The molecule has 1 aliphatic heterocycles. The molecule has 3 rings (SSSR count). The van der Waals surface area contributed by atoms with Gasteiger partial charge in [-0.1, -0.05) is 0 Å². The lowest BCUT2D eigenvalue weighted by molar-refractivity contribution is -0.117. The molecular weight excluding hydrogens is 252 g/mol. The topological polar surface area (TPSA) is 45.5 Å². The van der Waals surface area contributed by atoms with Crippen molar-refractivity contribution < 1.29 is 9.21 Å². The third-order valence-corrected chi connectivity index (χ3v) is 3.68. The minimum Gasteiger partial charge on any atom is -0.472 e. The lowest BCUT2D eigenvalue weighted by Crippen LogP contribution is -2.23. The van der Waals surface area contributed by atoms with Gasteiger partial charge in [0, 0.05) is 29.9 Å². The van der Waals surface area contributed by atoms with Crippen LogP contribution in [0.15, 0.2) is 47.3 Å². The first-order valence-electron chi connectivity index (χ1n) is 6.93. The second kappa shape index (κ2) is 5.41. The second-order valence-corrected chi connectivity index (χ2v) is 5.12. The minimum atomic E-state index is 0.188. The highest BCUT2D eigenvalue weighted by atomic mass is 16.3. The molecule has 0 aliphatic carbocycles. The van der Waals surface area contributed by atoms with Crippen LogP contribution in [0.3, 0.4) is 0 Å². The van der Waals surface area contributed by atoms with Crippen LogP contribution in [0, 0.1) is 0 Å². The van der Waals surface area contributed by atoms with Crippen LogP contribution in [0.2, 0.25) is 0 Å². The summed E-state index contributed by atoms with van der Waals surface area (Å²) in [6.07, 6.45) is 5.04. The van der Waals surface area contributed by atoms with Crippen LogP contribution in [0.4, 0.5) is 11.4 Å². The molecule has 1 N–H and O–H groups in total. The van der Waals surface area contributed by atoms with E-state index in [4.69, 9.17) is 4.42 Å². The van der Waals surface area contributed by atoms with Gasteiger partial charge in [0.25, 0.3) is 0 Å². The fourth-order valence-corrected chi connectivity index (χ4v) is 2.51. The highest BCUT2D eigenvalue weighted by Gasteiger charge is 2.21. The summed E-state index contributed by atoms with van der Waals surface area (Å²) in [5.74, 6) is 0.220. The standard InChI is InChI=1S/C16H18N2O2/c1-12(13-8-10-20-11-13)17-14-4-6-15(7-5-14)18-9-2-3-16(18)19/h4-8,10-12,17H,2-3,9H2,1H3. The van der Waals surface area contributed by atoms with Crippen molar-refractivity contribution in [3.63, 3.8) is 0 Å². The normalized spacial score (nSPS) is 16.4. The van der Waals surface area contributed by atoms with Crippen molar-refractivity contribution in [2.45, 2.75) is 25.8 Å². The van der Waals surface area contributed by atoms with Gasteiger partial charge in [-0.3, -0.25) is 4.79 Å². The number of carbonyl (C=O) groups is 1. The monoisotopic (exact) mass is 270 g/mol. The van der Waals surface area contributed by atoms with Crippen LogP contribution >= 0.6 is 0 Å². The fraction of sp³-hybridized carbons (Fsp3) is 0.312. The third kappa shape index (κ3) is 2.54. The van der Waals surface area contributed by atoms with Gasteiger partial charge in [-0.2, -0.15) is 0 Å². The van der Waals surface area contributed by atoms with Gasteiger partial charge >= 0.3 is 0 Å². The molecule has 0 saturated carbocycles. The third-order valence-electron chi connectivity index (χ3n) is 3.68. The van der Waals surface area contributed by atoms with Gasteiger partial charge in [-0.15, -0.1) is 0 Å². The smallest absolute Gasteiger partial charge is 0.227 e. The molecule has 20 heavy (non-hydrogen) atoms. The lowest BCUT2D eigenvalue weighted by Gasteiger charge is -2.17. The van der Waals surface area contributed by atoms with Gasteiger partial charge in [-0.25, -0.2) is 0 Å². The average molecular weight is 270 g/mol. The summed E-state index contributed by atoms with van der Waals surface area (Å²) < 4.78 is 5.09. The number of amides is 1. The van der Waals surface area contributed by atoms with Gasteiger partial charge in [0.15, 0.2) is 0 Å². The average Bonchev–Trinajstić information content (AvgIpc) is 3.11. The van der Waals surface area contributed by atoms with Crippen molar-refractivity contribution in [3.8, 4) is 0 Å². The van der Waals surface area contributed by atoms with E-state index >= 15 is 0 Å². The van der Waals surface area contributed by atoms with E-state index < -0.39 is 0 Å². The zero-order valence-electron chi connectivity index (χ0n) is 11.5. The van der Waals surface area contributed by atoms with E-state index in [-0.39, 0.29) is 11.9 Å². The van der Waals surface area contributed by atoms with Crippen molar-refractivity contribution in [1.82, 2.24) is 0 Å². The van der Waals surface area contributed by atoms with E-state index in [1.54, 1.807) is 12.5 Å². The lowest BCUT2D eigenvalue weighted by atomic mass is 10.1. The Bertz CT molecular complexity index is 575. The number of nitrogens with one attached hydrogen (secondary N) is 1. The van der Waals surface area contributed by atoms with Gasteiger partial charge < -0.3 is 14.6 Å². The Labute approximate surface area is 118 Å². The number of hydrogen-bond donors (Lipinski definition) is 1. The maximum atomic E-state index is 11.7. The zero-order valence-corrected chi connectivity index (χ0v) is 11.5. The number of hydrogen-bond acceptors (Lipinski definition) is 3. The molecule has 1 fully saturated rings. The van der Waals surface area contributed by atoms with Gasteiger partial charge in [-0.05, 0) is 43.7 Å². The summed E-state index contributed by atoms with van der Waals surface area (Å²) in [5.41, 5.74) is 3.13. The molecule has 0 radical (unpaired) electrons. The number of rotatable bonds is 4. The Balaban J connectivity index is 1.68. The predicted molar refractivity (Wildman–Crippen MR) is 78.8 cm³/mol. The maximum absolute atomic E-state index is 11.7. The summed E-state index contributed by atoms with van der Waals surface area (Å²) in [5, 5.41) is 3.41. The summed E-state index contributed by atoms with van der Waals surface area (Å²) in [4.78, 5) is 13.5. The fourth-order valence-electron chi connectivity index (χ4n) is 2.51. The van der Waals surface area contributed by atoms with Crippen LogP contribution in [0.25, 0.3) is 0 Å². The number of benzene rings is 1. The first kappa shape index (κ1) is 12.8. The van der Waals surface area contributed by atoms with Crippen LogP contribution < -0.4 is 10.2 Å². The highest BCUT2D eigenvalue weighted by Crippen LogP contribution is 2.25. The summed E-state index contributed by atoms with van der Waals surface area (Å²) in [7, 11) is 0. The molecule has 104 valence electrons. The predicted octanol–water partition coefficient (Wildman–Crippen LogP) is 3.58. The second-order valence-electron chi connectivity index (χ2n) is 5.12. The van der Waals surface area contributed by atoms with Crippen molar-refractivity contribution in [3.05, 3.63) is 48.4 Å². The molecule has 1 saturated heterocycles. The highest BCUT2D eigenvalue weighted by molar-refractivity contribution is 5.95. The molecule has 1 aliphatic rings. The van der Waals surface area contributed by atoms with Crippen molar-refractivity contribution in [2.24, 2.45) is 0 Å². The molecule has 1 atom stereocenters. The van der Waals surface area contributed by atoms with Crippen LogP contribution in [0.1, 0.15) is 31.4 Å². The Hall–Kier alpha value is -2.23. The largest absolute Gasteiger partial charge is 0.472 e. The van der Waals surface area contributed by atoms with Crippen LogP contribution in [0.5, 0.6) is 0 Å². The summed E-state index contributed by atoms with van der Waals surface area (Å²) in [6, 6.07) is 10.2. The van der Waals surface area contributed by atoms with Crippen molar-refractivity contribution >= 4 is 17.3 Å². The zero-order chi connectivity index (χ0) is 13.9. The molecule has 4 heteroatoms. The number of nitrogens with zero attached hydrogens (tertiary/aromatic N) is 1. The van der Waals surface area contributed by atoms with Gasteiger partial charge in [0.2, 0.25) is 5.91 Å². The maximum Gasteiger partial charge on any atom is 0.227 e. The number of carbonyl (C=O) groups excluding carboxylic acids is 1. The molecule has 2 aromatic rings. The molecule has 1 aromatic heterocycles. The Morgan fingerprint density at radius 3 is 2.65 bits per heavy atom. The first-order chi connectivity index (χ1) is 9.74. The Kier molecular flexibility index (Phi) is 3.46. The van der Waals surface area contributed by atoms with Gasteiger partial charge in [0.1, 0.15) is 0 Å². The van der Waals surface area contributed by atoms with E-state index in [1.807, 2.05) is 35.2 Å². The van der Waals surface area contributed by atoms with E-state index in [9.17, 15) is 4.79 Å². The van der Waals surface area contributed by atoms with Crippen LogP contribution in [-0.4, -0.2) is 12.5 Å². The van der Waals surface area contributed by atoms with E-state index in [1.165, 1.54) is 0 Å². The van der Waals surface area contributed by atoms with E-state index in [0.717, 1.165) is 29.9 Å². The van der Waals surface area contributed by atoms with Crippen molar-refractivity contribution in [1.29, 1.82) is 0 Å². The SMILES string of the molecule is CC(Nc1ccc(N2CCCC2=O)cc1)c1ccoc1. The number of anilines is 2. The minimum absolute atomic E-state index is 0.188. The summed E-state index contributed by atoms with van der Waals surface area (Å²) >= 11 is 0. The quantitative estimate of drug-likeness (QED) is 0.923. The number of furan rings is 1. The van der Waals surface area contributed by atoms with Gasteiger partial charge in [0.05, 0.1) is 18.6 Å². The molecule has 1 aromatic carbocycles. The van der Waals surface area contributed by atoms with Crippen molar-refractivity contribution in [2.75, 3.05) is 16.8 Å². The molecule has 0 spiro atoms. The molecule has 1 amide bonds. The first-order valence-corrected chi connectivity index (χ1v) is 6.93. The molecule has 1 unspecified atom stereocenters. The molecule has 2 heterocycles. The van der Waals surface area contributed by atoms with E-state index in [0.29, 0.717) is 6.42 Å². The van der Waals surface area contributed by atoms with E-state index in [2.05, 4.69) is 12.2 Å². The molecule has 0 bridgehead atoms. The summed E-state index contributed by atoms with van der Waals surface area (Å²) in [6.45, 7) is 2.92. The molecular formula is C16H18N2O2.